The third-order valence-electron chi connectivity index (χ3n) is 2.93. The maximum atomic E-state index is 10.9. The van der Waals surface area contributed by atoms with E-state index in [1.54, 1.807) is 23.9 Å². The Morgan fingerprint density at radius 2 is 2.26 bits per heavy atom. The first-order valence-corrected chi connectivity index (χ1v) is 7.46. The van der Waals surface area contributed by atoms with Crippen LogP contribution in [0, 0.1) is 10.1 Å². The molecule has 7 heteroatoms. The zero-order valence-corrected chi connectivity index (χ0v) is 12.4. The molecule has 2 atom stereocenters. The number of aliphatic hydroxyl groups is 1. The fraction of sp³-hybridized carbons (Fsp3) is 0.500. The Bertz CT molecular complexity index is 441. The van der Waals surface area contributed by atoms with Gasteiger partial charge in [-0.25, -0.2) is 0 Å². The summed E-state index contributed by atoms with van der Waals surface area (Å²) >= 11 is 7.55. The highest BCUT2D eigenvalue weighted by Gasteiger charge is 2.19. The number of nitro groups is 1. The summed E-state index contributed by atoms with van der Waals surface area (Å²) < 4.78 is 0. The molecule has 0 fully saturated rings. The number of halogens is 1. The van der Waals surface area contributed by atoms with Crippen LogP contribution in [-0.2, 0) is 6.54 Å². The van der Waals surface area contributed by atoms with Crippen LogP contribution in [0.1, 0.15) is 12.5 Å². The largest absolute Gasteiger partial charge is 0.395 e. The number of aliphatic hydroxyl groups excluding tert-OH is 1. The van der Waals surface area contributed by atoms with Gasteiger partial charge in [-0.2, -0.15) is 11.8 Å². The van der Waals surface area contributed by atoms with Crippen molar-refractivity contribution >= 4 is 29.1 Å². The standard InChI is InChI=1S/C12H17ClN2O3S/c1-8(12(7-16)19-2)14-6-9-10(13)4-3-5-11(9)15(17)18/h3-5,8,12,14,16H,6-7H2,1-2H3. The summed E-state index contributed by atoms with van der Waals surface area (Å²) in [5, 5.41) is 23.7. The van der Waals surface area contributed by atoms with Crippen LogP contribution in [-0.4, -0.2) is 34.2 Å². The number of nitrogens with zero attached hydrogens (tertiary/aromatic N) is 1. The van der Waals surface area contributed by atoms with Gasteiger partial charge < -0.3 is 10.4 Å². The van der Waals surface area contributed by atoms with Crippen molar-refractivity contribution in [2.75, 3.05) is 12.9 Å². The quantitative estimate of drug-likeness (QED) is 0.598. The molecule has 0 saturated heterocycles. The van der Waals surface area contributed by atoms with Crippen molar-refractivity contribution < 1.29 is 10.0 Å². The molecular weight excluding hydrogens is 288 g/mol. The van der Waals surface area contributed by atoms with Gasteiger partial charge in [0.05, 0.1) is 22.1 Å². The fourth-order valence-electron chi connectivity index (χ4n) is 1.72. The number of nitro benzene ring substituents is 1. The molecule has 1 aromatic rings. The molecule has 0 aliphatic carbocycles. The molecule has 2 unspecified atom stereocenters. The van der Waals surface area contributed by atoms with E-state index in [2.05, 4.69) is 5.32 Å². The predicted molar refractivity (Wildman–Crippen MR) is 78.8 cm³/mol. The maximum absolute atomic E-state index is 10.9. The first kappa shape index (κ1) is 16.2. The third kappa shape index (κ3) is 4.35. The summed E-state index contributed by atoms with van der Waals surface area (Å²) in [6.45, 7) is 2.29. The first-order chi connectivity index (χ1) is 9.01. The van der Waals surface area contributed by atoms with Crippen molar-refractivity contribution in [3.05, 3.63) is 38.9 Å². The molecule has 0 radical (unpaired) electrons. The van der Waals surface area contributed by atoms with Gasteiger partial charge in [-0.3, -0.25) is 10.1 Å². The van der Waals surface area contributed by atoms with E-state index in [4.69, 9.17) is 11.6 Å². The molecule has 0 aliphatic rings. The molecule has 0 aromatic heterocycles. The lowest BCUT2D eigenvalue weighted by atomic mass is 10.1. The zero-order chi connectivity index (χ0) is 14.4. The van der Waals surface area contributed by atoms with Crippen LogP contribution in [0.3, 0.4) is 0 Å². The lowest BCUT2D eigenvalue weighted by molar-refractivity contribution is -0.385. The van der Waals surface area contributed by atoms with Crippen LogP contribution in [0.4, 0.5) is 5.69 Å². The van der Waals surface area contributed by atoms with Crippen molar-refractivity contribution in [2.24, 2.45) is 0 Å². The number of rotatable bonds is 7. The minimum absolute atomic E-state index is 0.0110. The summed E-state index contributed by atoms with van der Waals surface area (Å²) in [4.78, 5) is 10.5. The Kier molecular flexibility index (Phi) is 6.57. The molecule has 0 saturated carbocycles. The van der Waals surface area contributed by atoms with Crippen molar-refractivity contribution in [2.45, 2.75) is 24.8 Å². The minimum atomic E-state index is -0.439. The average molecular weight is 305 g/mol. The summed E-state index contributed by atoms with van der Waals surface area (Å²) in [6.07, 6.45) is 1.91. The van der Waals surface area contributed by atoms with Crippen molar-refractivity contribution in [1.29, 1.82) is 0 Å². The molecule has 1 aromatic carbocycles. The number of nitrogens with one attached hydrogen (secondary N) is 1. The Morgan fingerprint density at radius 1 is 1.58 bits per heavy atom. The van der Waals surface area contributed by atoms with Crippen LogP contribution >= 0.6 is 23.4 Å². The maximum Gasteiger partial charge on any atom is 0.275 e. The minimum Gasteiger partial charge on any atom is -0.395 e. The number of hydrogen-bond acceptors (Lipinski definition) is 5. The van der Waals surface area contributed by atoms with Crippen LogP contribution < -0.4 is 5.32 Å². The second-order valence-electron chi connectivity index (χ2n) is 4.12. The van der Waals surface area contributed by atoms with E-state index in [1.807, 2.05) is 13.2 Å². The van der Waals surface area contributed by atoms with E-state index >= 15 is 0 Å². The normalized spacial score (nSPS) is 14.1. The van der Waals surface area contributed by atoms with Gasteiger partial charge >= 0.3 is 0 Å². The molecule has 0 aliphatic heterocycles. The van der Waals surface area contributed by atoms with E-state index in [0.29, 0.717) is 17.1 Å². The van der Waals surface area contributed by atoms with Crippen molar-refractivity contribution in [3.8, 4) is 0 Å². The molecule has 2 N–H and O–H groups in total. The van der Waals surface area contributed by atoms with Gasteiger partial charge in [0, 0.05) is 23.9 Å². The van der Waals surface area contributed by atoms with Gasteiger partial charge in [-0.05, 0) is 19.2 Å². The van der Waals surface area contributed by atoms with Gasteiger partial charge in [-0.15, -0.1) is 0 Å². The third-order valence-corrected chi connectivity index (χ3v) is 4.45. The first-order valence-electron chi connectivity index (χ1n) is 5.80. The van der Waals surface area contributed by atoms with Crippen LogP contribution in [0.2, 0.25) is 5.02 Å². The van der Waals surface area contributed by atoms with Crippen LogP contribution in [0.25, 0.3) is 0 Å². The molecule has 0 bridgehead atoms. The highest BCUT2D eigenvalue weighted by Crippen LogP contribution is 2.26. The van der Waals surface area contributed by atoms with Crippen LogP contribution in [0.5, 0.6) is 0 Å². The second kappa shape index (κ2) is 7.69. The molecule has 5 nitrogen and oxygen atoms in total. The molecular formula is C12H17ClN2O3S. The van der Waals surface area contributed by atoms with E-state index in [1.165, 1.54) is 6.07 Å². The summed E-state index contributed by atoms with van der Waals surface area (Å²) in [5.41, 5.74) is 0.482. The van der Waals surface area contributed by atoms with Gasteiger partial charge in [0.2, 0.25) is 0 Å². The molecule has 0 amide bonds. The molecule has 19 heavy (non-hydrogen) atoms. The van der Waals surface area contributed by atoms with E-state index in [-0.39, 0.29) is 23.6 Å². The average Bonchev–Trinajstić information content (AvgIpc) is 2.38. The lowest BCUT2D eigenvalue weighted by Crippen LogP contribution is -2.37. The predicted octanol–water partition coefficient (Wildman–Crippen LogP) is 2.45. The topological polar surface area (TPSA) is 75.4 Å². The summed E-state index contributed by atoms with van der Waals surface area (Å²) in [5.74, 6) is 0. The lowest BCUT2D eigenvalue weighted by Gasteiger charge is -2.21. The Balaban J connectivity index is 2.80. The summed E-state index contributed by atoms with van der Waals surface area (Å²) in [7, 11) is 0. The zero-order valence-electron chi connectivity index (χ0n) is 10.8. The van der Waals surface area contributed by atoms with Gasteiger partial charge in [0.15, 0.2) is 0 Å². The Labute approximate surface area is 121 Å². The van der Waals surface area contributed by atoms with Crippen LogP contribution in [0.15, 0.2) is 18.2 Å². The van der Waals surface area contributed by atoms with Crippen molar-refractivity contribution in [1.82, 2.24) is 5.32 Å². The highest BCUT2D eigenvalue weighted by atomic mass is 35.5. The van der Waals surface area contributed by atoms with E-state index in [0.717, 1.165) is 0 Å². The number of thioether (sulfide) groups is 1. The molecule has 0 spiro atoms. The monoisotopic (exact) mass is 304 g/mol. The smallest absolute Gasteiger partial charge is 0.275 e. The molecule has 1 rings (SSSR count). The van der Waals surface area contributed by atoms with E-state index < -0.39 is 4.92 Å². The molecule has 106 valence electrons. The Morgan fingerprint density at radius 3 is 2.79 bits per heavy atom. The van der Waals surface area contributed by atoms with Gasteiger partial charge in [0.1, 0.15) is 0 Å². The van der Waals surface area contributed by atoms with E-state index in [9.17, 15) is 15.2 Å². The SMILES string of the molecule is CSC(CO)C(C)NCc1c(Cl)cccc1[N+](=O)[O-]. The van der Waals surface area contributed by atoms with Crippen molar-refractivity contribution in [3.63, 3.8) is 0 Å². The van der Waals surface area contributed by atoms with Gasteiger partial charge in [-0.1, -0.05) is 17.7 Å². The van der Waals surface area contributed by atoms with Gasteiger partial charge in [0.25, 0.3) is 5.69 Å². The number of hydrogen-bond donors (Lipinski definition) is 2. The number of benzene rings is 1. The summed E-state index contributed by atoms with van der Waals surface area (Å²) in [6, 6.07) is 4.65. The fourth-order valence-corrected chi connectivity index (χ4v) is 2.61. The Hall–Kier alpha value is -0.820. The second-order valence-corrected chi connectivity index (χ2v) is 5.61. The highest BCUT2D eigenvalue weighted by molar-refractivity contribution is 7.99. The molecule has 0 heterocycles.